The van der Waals surface area contributed by atoms with E-state index in [1.807, 2.05) is 0 Å². The molecule has 1 aromatic heterocycles. The van der Waals surface area contributed by atoms with Gasteiger partial charge >= 0.3 is 0 Å². The third kappa shape index (κ3) is 2.38. The molecule has 3 rings (SSSR count). The van der Waals surface area contributed by atoms with Crippen molar-refractivity contribution >= 4 is 27.3 Å². The molecule has 0 N–H and O–H groups in total. The lowest BCUT2D eigenvalue weighted by Crippen LogP contribution is -1.97. The summed E-state index contributed by atoms with van der Waals surface area (Å²) in [4.78, 5) is 2.58. The first-order chi connectivity index (χ1) is 8.74. The Morgan fingerprint density at radius 3 is 2.39 bits per heavy atom. The highest BCUT2D eigenvalue weighted by Crippen LogP contribution is 2.34. The van der Waals surface area contributed by atoms with E-state index in [4.69, 9.17) is 9.47 Å². The fourth-order valence-electron chi connectivity index (χ4n) is 1.96. The molecule has 0 atom stereocenters. The molecule has 0 radical (unpaired) electrons. The molecule has 0 bridgehead atoms. The van der Waals surface area contributed by atoms with Gasteiger partial charge in [0.25, 0.3) is 0 Å². The molecule has 2 aromatic rings. The van der Waals surface area contributed by atoms with Crippen molar-refractivity contribution in [2.75, 3.05) is 13.2 Å². The lowest BCUT2D eigenvalue weighted by molar-refractivity contribution is -0.0441. The Morgan fingerprint density at radius 1 is 1.17 bits per heavy atom. The van der Waals surface area contributed by atoms with Gasteiger partial charge in [0.15, 0.2) is 6.29 Å². The Hall–Kier alpha value is -0.680. The molecular weight excluding hydrogens is 312 g/mol. The molecule has 1 fully saturated rings. The Morgan fingerprint density at radius 2 is 1.83 bits per heavy atom. The summed E-state index contributed by atoms with van der Waals surface area (Å²) in [6.45, 7) is 3.49. The Kier molecular flexibility index (Phi) is 3.52. The molecule has 94 valence electrons. The van der Waals surface area contributed by atoms with Crippen molar-refractivity contribution in [3.63, 3.8) is 0 Å². The number of rotatable bonds is 2. The van der Waals surface area contributed by atoms with Crippen LogP contribution in [0.3, 0.4) is 0 Å². The average molecular weight is 325 g/mol. The van der Waals surface area contributed by atoms with E-state index in [-0.39, 0.29) is 6.29 Å². The summed E-state index contributed by atoms with van der Waals surface area (Å²) in [5, 5.41) is 0. The van der Waals surface area contributed by atoms with Crippen molar-refractivity contribution in [1.29, 1.82) is 0 Å². The van der Waals surface area contributed by atoms with Crippen molar-refractivity contribution in [3.8, 4) is 10.4 Å². The summed E-state index contributed by atoms with van der Waals surface area (Å²) in [6.07, 6.45) is -0.184. The van der Waals surface area contributed by atoms with Crippen LogP contribution in [-0.4, -0.2) is 13.2 Å². The van der Waals surface area contributed by atoms with Crippen LogP contribution in [0.4, 0.5) is 0 Å². The average Bonchev–Trinajstić information content (AvgIpc) is 3.01. The summed E-state index contributed by atoms with van der Waals surface area (Å²) in [5.74, 6) is 0. The maximum Gasteiger partial charge on any atom is 0.184 e. The predicted molar refractivity (Wildman–Crippen MR) is 76.8 cm³/mol. The summed E-state index contributed by atoms with van der Waals surface area (Å²) < 4.78 is 12.1. The van der Waals surface area contributed by atoms with E-state index in [9.17, 15) is 0 Å². The first kappa shape index (κ1) is 12.4. The van der Waals surface area contributed by atoms with Crippen molar-refractivity contribution in [3.05, 3.63) is 45.2 Å². The smallest absolute Gasteiger partial charge is 0.184 e. The van der Waals surface area contributed by atoms with Crippen LogP contribution in [0.25, 0.3) is 10.4 Å². The van der Waals surface area contributed by atoms with Gasteiger partial charge in [0.05, 0.1) is 13.2 Å². The van der Waals surface area contributed by atoms with Gasteiger partial charge in [-0.25, -0.2) is 0 Å². The zero-order chi connectivity index (χ0) is 12.5. The molecule has 4 heteroatoms. The minimum absolute atomic E-state index is 0.184. The van der Waals surface area contributed by atoms with Crippen molar-refractivity contribution in [1.82, 2.24) is 0 Å². The topological polar surface area (TPSA) is 18.5 Å². The number of benzene rings is 1. The second-order valence-electron chi connectivity index (χ2n) is 4.21. The fraction of sp³-hybridized carbons (Fsp3) is 0.286. The van der Waals surface area contributed by atoms with E-state index in [0.717, 1.165) is 5.56 Å². The Bertz CT molecular complexity index is 522. The first-order valence-electron chi connectivity index (χ1n) is 5.83. The molecule has 0 aliphatic carbocycles. The van der Waals surface area contributed by atoms with Gasteiger partial charge < -0.3 is 9.47 Å². The van der Waals surface area contributed by atoms with E-state index in [2.05, 4.69) is 53.2 Å². The summed E-state index contributed by atoms with van der Waals surface area (Å²) in [6, 6.07) is 10.6. The second-order valence-corrected chi connectivity index (χ2v) is 6.32. The number of thiophene rings is 1. The third-order valence-corrected chi connectivity index (χ3v) is 5.13. The molecule has 2 heterocycles. The van der Waals surface area contributed by atoms with Crippen LogP contribution in [0.2, 0.25) is 0 Å². The molecule has 0 spiro atoms. The van der Waals surface area contributed by atoms with E-state index in [1.165, 1.54) is 19.8 Å². The van der Waals surface area contributed by atoms with Gasteiger partial charge in [0.1, 0.15) is 0 Å². The van der Waals surface area contributed by atoms with E-state index < -0.39 is 0 Å². The number of halogens is 1. The maximum absolute atomic E-state index is 5.48. The van der Waals surface area contributed by atoms with Crippen molar-refractivity contribution in [2.24, 2.45) is 0 Å². The molecule has 2 nitrogen and oxygen atoms in total. The molecular formula is C14H13BrO2S. The van der Waals surface area contributed by atoms with E-state index in [1.54, 1.807) is 11.3 Å². The molecule has 1 aliphatic rings. The SMILES string of the molecule is Cc1sc(-c2ccc(C3OCCO3)cc2)cc1Br. The number of aryl methyl sites for hydroxylation is 1. The molecule has 0 amide bonds. The van der Waals surface area contributed by atoms with Gasteiger partial charge in [-0.3, -0.25) is 0 Å². The molecule has 1 saturated heterocycles. The van der Waals surface area contributed by atoms with Gasteiger partial charge in [-0.05, 0) is 34.5 Å². The third-order valence-electron chi connectivity index (χ3n) is 2.95. The fourth-order valence-corrected chi connectivity index (χ4v) is 3.50. The van der Waals surface area contributed by atoms with Gasteiger partial charge in [-0.2, -0.15) is 0 Å². The van der Waals surface area contributed by atoms with Crippen LogP contribution >= 0.6 is 27.3 Å². The largest absolute Gasteiger partial charge is 0.346 e. The zero-order valence-corrected chi connectivity index (χ0v) is 12.4. The zero-order valence-electron chi connectivity index (χ0n) is 9.98. The number of hydrogen-bond donors (Lipinski definition) is 0. The molecule has 0 unspecified atom stereocenters. The molecule has 18 heavy (non-hydrogen) atoms. The minimum Gasteiger partial charge on any atom is -0.346 e. The van der Waals surface area contributed by atoms with Crippen LogP contribution in [0.1, 0.15) is 16.7 Å². The Labute approximate surface area is 119 Å². The van der Waals surface area contributed by atoms with Crippen LogP contribution in [0, 0.1) is 6.92 Å². The van der Waals surface area contributed by atoms with Gasteiger partial charge in [-0.15, -0.1) is 11.3 Å². The summed E-state index contributed by atoms with van der Waals surface area (Å²) in [5.41, 5.74) is 2.32. The number of ether oxygens (including phenoxy) is 2. The normalized spacial score (nSPS) is 16.3. The predicted octanol–water partition coefficient (Wildman–Crippen LogP) is 4.53. The monoisotopic (exact) mass is 324 g/mol. The quantitative estimate of drug-likeness (QED) is 0.807. The molecule has 1 aliphatic heterocycles. The van der Waals surface area contributed by atoms with Gasteiger partial charge in [0.2, 0.25) is 0 Å². The summed E-state index contributed by atoms with van der Waals surface area (Å²) >= 11 is 5.35. The van der Waals surface area contributed by atoms with Crippen LogP contribution in [0.5, 0.6) is 0 Å². The lowest BCUT2D eigenvalue weighted by Gasteiger charge is -2.09. The van der Waals surface area contributed by atoms with Crippen molar-refractivity contribution < 1.29 is 9.47 Å². The van der Waals surface area contributed by atoms with Gasteiger partial charge in [-0.1, -0.05) is 24.3 Å². The summed E-state index contributed by atoms with van der Waals surface area (Å²) in [7, 11) is 0. The van der Waals surface area contributed by atoms with Gasteiger partial charge in [0, 0.05) is 19.8 Å². The molecule has 0 saturated carbocycles. The lowest BCUT2D eigenvalue weighted by atomic mass is 10.1. The van der Waals surface area contributed by atoms with E-state index >= 15 is 0 Å². The highest BCUT2D eigenvalue weighted by atomic mass is 79.9. The highest BCUT2D eigenvalue weighted by Gasteiger charge is 2.18. The van der Waals surface area contributed by atoms with Crippen LogP contribution < -0.4 is 0 Å². The Balaban J connectivity index is 1.86. The van der Waals surface area contributed by atoms with Crippen LogP contribution in [0.15, 0.2) is 34.8 Å². The molecule has 1 aromatic carbocycles. The first-order valence-corrected chi connectivity index (χ1v) is 7.44. The number of hydrogen-bond acceptors (Lipinski definition) is 3. The minimum atomic E-state index is -0.184. The standard InChI is InChI=1S/C14H13BrO2S/c1-9-12(15)8-13(18-9)10-2-4-11(5-3-10)14-16-6-7-17-14/h2-5,8,14H,6-7H2,1H3. The maximum atomic E-state index is 5.48. The second kappa shape index (κ2) is 5.13. The van der Waals surface area contributed by atoms with Crippen molar-refractivity contribution in [2.45, 2.75) is 13.2 Å². The van der Waals surface area contributed by atoms with Crippen LogP contribution in [-0.2, 0) is 9.47 Å². The van der Waals surface area contributed by atoms with E-state index in [0.29, 0.717) is 13.2 Å². The highest BCUT2D eigenvalue weighted by molar-refractivity contribution is 9.10.